The van der Waals surface area contributed by atoms with E-state index in [1.54, 1.807) is 6.20 Å². The molecule has 0 spiro atoms. The molecule has 1 N–H and O–H groups in total. The Kier molecular flexibility index (Phi) is 2.74. The van der Waals surface area contributed by atoms with Crippen molar-refractivity contribution < 1.29 is 0 Å². The molecule has 72 valence electrons. The predicted molar refractivity (Wildman–Crippen MR) is 53.0 cm³/mol. The second-order valence-electron chi connectivity index (χ2n) is 2.87. The van der Waals surface area contributed by atoms with E-state index in [1.807, 2.05) is 18.3 Å². The first kappa shape index (κ1) is 9.15. The lowest BCUT2D eigenvalue weighted by Gasteiger charge is -1.94. The second kappa shape index (κ2) is 4.19. The van der Waals surface area contributed by atoms with Crippen molar-refractivity contribution >= 4 is 11.6 Å². The van der Waals surface area contributed by atoms with Crippen molar-refractivity contribution in [3.05, 3.63) is 41.7 Å². The van der Waals surface area contributed by atoms with E-state index < -0.39 is 0 Å². The quantitative estimate of drug-likeness (QED) is 0.779. The molecule has 0 saturated carbocycles. The number of aromatic amines is 1. The van der Waals surface area contributed by atoms with Gasteiger partial charge in [0.2, 0.25) is 0 Å². The maximum absolute atomic E-state index is 5.59. The zero-order valence-electron chi connectivity index (χ0n) is 7.44. The highest BCUT2D eigenvalue weighted by molar-refractivity contribution is 6.16. The molecule has 2 heterocycles. The Morgan fingerprint density at radius 3 is 3.00 bits per heavy atom. The van der Waals surface area contributed by atoms with Crippen molar-refractivity contribution in [3.63, 3.8) is 0 Å². The minimum Gasteiger partial charge on any atom is -0.264 e. The third-order valence-corrected chi connectivity index (χ3v) is 2.03. The number of aromatic nitrogens is 4. The van der Waals surface area contributed by atoms with Crippen molar-refractivity contribution in [1.82, 2.24) is 20.2 Å². The van der Waals surface area contributed by atoms with E-state index in [1.165, 1.54) is 0 Å². The number of alkyl halides is 1. The number of hydrogen-bond acceptors (Lipinski definition) is 3. The molecule has 4 nitrogen and oxygen atoms in total. The van der Waals surface area contributed by atoms with Crippen LogP contribution in [0.1, 0.15) is 17.2 Å². The monoisotopic (exact) mass is 208 g/mol. The molecule has 2 aromatic heterocycles. The van der Waals surface area contributed by atoms with Gasteiger partial charge in [-0.25, -0.2) is 4.98 Å². The number of H-pyrrole nitrogens is 1. The van der Waals surface area contributed by atoms with Gasteiger partial charge in [-0.3, -0.25) is 10.1 Å². The Hall–Kier alpha value is -1.42. The fourth-order valence-electron chi connectivity index (χ4n) is 1.17. The molecule has 14 heavy (non-hydrogen) atoms. The SMILES string of the molecule is ClCc1n[nH]c(Cc2cccnc2)n1. The lowest BCUT2D eigenvalue weighted by atomic mass is 10.2. The highest BCUT2D eigenvalue weighted by Crippen LogP contribution is 2.04. The van der Waals surface area contributed by atoms with Crippen molar-refractivity contribution in [2.24, 2.45) is 0 Å². The minimum absolute atomic E-state index is 0.337. The minimum atomic E-state index is 0.337. The zero-order valence-corrected chi connectivity index (χ0v) is 8.20. The standard InChI is InChI=1S/C9H9ClN4/c10-5-9-12-8(13-14-9)4-7-2-1-3-11-6-7/h1-3,6H,4-5H2,(H,12,13,14). The van der Waals surface area contributed by atoms with Gasteiger partial charge in [0.1, 0.15) is 5.82 Å². The van der Waals surface area contributed by atoms with Crippen LogP contribution in [0.3, 0.4) is 0 Å². The molecule has 0 radical (unpaired) electrons. The number of nitrogens with zero attached hydrogens (tertiary/aromatic N) is 3. The molecule has 5 heteroatoms. The summed E-state index contributed by atoms with van der Waals surface area (Å²) in [4.78, 5) is 8.22. The summed E-state index contributed by atoms with van der Waals surface area (Å²) in [6, 6.07) is 3.89. The summed E-state index contributed by atoms with van der Waals surface area (Å²) in [6.45, 7) is 0. The van der Waals surface area contributed by atoms with Crippen molar-refractivity contribution in [3.8, 4) is 0 Å². The van der Waals surface area contributed by atoms with Gasteiger partial charge in [-0.1, -0.05) is 6.07 Å². The van der Waals surface area contributed by atoms with Gasteiger partial charge >= 0.3 is 0 Å². The first-order valence-corrected chi connectivity index (χ1v) is 4.77. The third-order valence-electron chi connectivity index (χ3n) is 1.79. The molecule has 0 amide bonds. The summed E-state index contributed by atoms with van der Waals surface area (Å²) in [5.74, 6) is 1.78. The first-order valence-electron chi connectivity index (χ1n) is 4.23. The summed E-state index contributed by atoms with van der Waals surface area (Å²) >= 11 is 5.59. The lowest BCUT2D eigenvalue weighted by molar-refractivity contribution is 0.963. The van der Waals surface area contributed by atoms with E-state index in [0.29, 0.717) is 18.1 Å². The van der Waals surface area contributed by atoms with E-state index in [9.17, 15) is 0 Å². The van der Waals surface area contributed by atoms with Gasteiger partial charge in [-0.15, -0.1) is 11.6 Å². The van der Waals surface area contributed by atoms with Crippen LogP contribution in [0.4, 0.5) is 0 Å². The summed E-state index contributed by atoms with van der Waals surface area (Å²) in [5.41, 5.74) is 1.10. The normalized spacial score (nSPS) is 10.4. The molecule has 0 unspecified atom stereocenters. The van der Waals surface area contributed by atoms with Crippen LogP contribution >= 0.6 is 11.6 Å². The number of rotatable bonds is 3. The van der Waals surface area contributed by atoms with Crippen LogP contribution in [0.2, 0.25) is 0 Å². The Bertz CT molecular complexity index is 398. The summed E-state index contributed by atoms with van der Waals surface area (Å²) in [7, 11) is 0. The van der Waals surface area contributed by atoms with Crippen molar-refractivity contribution in [2.75, 3.05) is 0 Å². The molecule has 0 fully saturated rings. The molecule has 0 atom stereocenters. The van der Waals surface area contributed by atoms with Crippen molar-refractivity contribution in [2.45, 2.75) is 12.3 Å². The smallest absolute Gasteiger partial charge is 0.165 e. The highest BCUT2D eigenvalue weighted by atomic mass is 35.5. The Labute approximate surface area is 86.4 Å². The van der Waals surface area contributed by atoms with Gasteiger partial charge in [-0.05, 0) is 11.6 Å². The fourth-order valence-corrected chi connectivity index (χ4v) is 1.29. The fraction of sp³-hybridized carbons (Fsp3) is 0.222. The average Bonchev–Trinajstić information content (AvgIpc) is 2.67. The molecule has 0 aliphatic rings. The van der Waals surface area contributed by atoms with Gasteiger partial charge in [0.15, 0.2) is 5.82 Å². The largest absolute Gasteiger partial charge is 0.264 e. The molecule has 2 rings (SSSR count). The molecule has 0 aliphatic carbocycles. The molecule has 0 saturated heterocycles. The Morgan fingerprint density at radius 2 is 2.36 bits per heavy atom. The Balaban J connectivity index is 2.11. The molecule has 2 aromatic rings. The third kappa shape index (κ3) is 2.09. The highest BCUT2D eigenvalue weighted by Gasteiger charge is 2.02. The average molecular weight is 209 g/mol. The summed E-state index contributed by atoms with van der Waals surface area (Å²) < 4.78 is 0. The van der Waals surface area contributed by atoms with E-state index in [2.05, 4.69) is 20.2 Å². The molecular formula is C9H9ClN4. The molecule has 0 bridgehead atoms. The number of halogens is 1. The molecule has 0 aliphatic heterocycles. The van der Waals surface area contributed by atoms with Crippen LogP contribution in [0.5, 0.6) is 0 Å². The van der Waals surface area contributed by atoms with Gasteiger partial charge < -0.3 is 0 Å². The van der Waals surface area contributed by atoms with Crippen molar-refractivity contribution in [1.29, 1.82) is 0 Å². The van der Waals surface area contributed by atoms with Crippen LogP contribution in [0, 0.1) is 0 Å². The first-order chi connectivity index (χ1) is 6.88. The van der Waals surface area contributed by atoms with Gasteiger partial charge in [0.05, 0.1) is 5.88 Å². The lowest BCUT2D eigenvalue weighted by Crippen LogP contribution is -1.91. The van der Waals surface area contributed by atoms with Crippen LogP contribution < -0.4 is 0 Å². The molecular weight excluding hydrogens is 200 g/mol. The molecule has 0 aromatic carbocycles. The summed E-state index contributed by atoms with van der Waals surface area (Å²) in [6.07, 6.45) is 4.26. The zero-order chi connectivity index (χ0) is 9.80. The number of hydrogen-bond donors (Lipinski definition) is 1. The maximum Gasteiger partial charge on any atom is 0.165 e. The predicted octanol–water partition coefficient (Wildman–Crippen LogP) is 1.53. The van der Waals surface area contributed by atoms with E-state index in [-0.39, 0.29) is 0 Å². The topological polar surface area (TPSA) is 54.5 Å². The Morgan fingerprint density at radius 1 is 1.43 bits per heavy atom. The van der Waals surface area contributed by atoms with Gasteiger partial charge in [0.25, 0.3) is 0 Å². The van der Waals surface area contributed by atoms with E-state index in [4.69, 9.17) is 11.6 Å². The van der Waals surface area contributed by atoms with Gasteiger partial charge in [-0.2, -0.15) is 5.10 Å². The number of nitrogens with one attached hydrogen (secondary N) is 1. The summed E-state index contributed by atoms with van der Waals surface area (Å²) in [5, 5.41) is 6.77. The van der Waals surface area contributed by atoms with E-state index >= 15 is 0 Å². The van der Waals surface area contributed by atoms with Gasteiger partial charge in [0, 0.05) is 18.8 Å². The van der Waals surface area contributed by atoms with Crippen LogP contribution in [0.25, 0.3) is 0 Å². The van der Waals surface area contributed by atoms with Crippen LogP contribution in [-0.2, 0) is 12.3 Å². The van der Waals surface area contributed by atoms with Crippen LogP contribution in [0.15, 0.2) is 24.5 Å². The number of pyridine rings is 1. The van der Waals surface area contributed by atoms with E-state index in [0.717, 1.165) is 11.4 Å². The maximum atomic E-state index is 5.59. The van der Waals surface area contributed by atoms with Crippen LogP contribution in [-0.4, -0.2) is 20.2 Å². The second-order valence-corrected chi connectivity index (χ2v) is 3.14.